The predicted octanol–water partition coefficient (Wildman–Crippen LogP) is 3.67. The summed E-state index contributed by atoms with van der Waals surface area (Å²) in [5.41, 5.74) is 1.79. The van der Waals surface area contributed by atoms with Crippen LogP contribution in [0.5, 0.6) is 5.75 Å². The number of nitrogens with one attached hydrogen (secondary N) is 2. The van der Waals surface area contributed by atoms with Gasteiger partial charge in [-0.2, -0.15) is 0 Å². The van der Waals surface area contributed by atoms with E-state index in [-0.39, 0.29) is 36.9 Å². The summed E-state index contributed by atoms with van der Waals surface area (Å²) >= 11 is 0. The minimum absolute atomic E-state index is 0.116. The molecule has 1 aliphatic carbocycles. The van der Waals surface area contributed by atoms with Gasteiger partial charge in [0.2, 0.25) is 11.8 Å². The smallest absolute Gasteiger partial charge is 0.331 e. The molecular weight excluding hydrogens is 508 g/mol. The summed E-state index contributed by atoms with van der Waals surface area (Å²) < 4.78 is 7.86. The summed E-state index contributed by atoms with van der Waals surface area (Å²) in [6.45, 7) is 0.884. The van der Waals surface area contributed by atoms with Crippen molar-refractivity contribution in [3.05, 3.63) is 86.6 Å². The van der Waals surface area contributed by atoms with Gasteiger partial charge in [-0.05, 0) is 63.1 Å². The summed E-state index contributed by atoms with van der Waals surface area (Å²) in [5, 5.41) is 6.19. The quantitative estimate of drug-likeness (QED) is 0.251. The molecule has 2 amide bonds. The third-order valence-corrected chi connectivity index (χ3v) is 7.29. The molecule has 0 radical (unpaired) electrons. The summed E-state index contributed by atoms with van der Waals surface area (Å²) in [4.78, 5) is 51.6. The van der Waals surface area contributed by atoms with Gasteiger partial charge in [0.15, 0.2) is 0 Å². The molecule has 2 aromatic carbocycles. The molecule has 0 saturated heterocycles. The van der Waals surface area contributed by atoms with Gasteiger partial charge in [0.25, 0.3) is 5.56 Å². The minimum atomic E-state index is -0.519. The number of fused-ring (bicyclic) bond motifs is 1. The Morgan fingerprint density at radius 3 is 2.52 bits per heavy atom. The molecule has 0 fully saturated rings. The van der Waals surface area contributed by atoms with Crippen molar-refractivity contribution >= 4 is 22.7 Å². The molecule has 212 valence electrons. The normalized spacial score (nSPS) is 13.1. The molecule has 2 N–H and O–H groups in total. The van der Waals surface area contributed by atoms with E-state index in [2.05, 4.69) is 16.7 Å². The van der Waals surface area contributed by atoms with Gasteiger partial charge in [0.05, 0.1) is 18.0 Å². The van der Waals surface area contributed by atoms with E-state index in [0.29, 0.717) is 42.6 Å². The zero-order valence-electron chi connectivity index (χ0n) is 23.1. The SMILES string of the molecule is COc1ccccc1CNC(=O)CCCCn1c(=O)c2ccccc2n(CC(=O)NCCC2=CCCCC2)c1=O. The van der Waals surface area contributed by atoms with Gasteiger partial charge in [-0.1, -0.05) is 42.0 Å². The zero-order chi connectivity index (χ0) is 28.3. The Labute approximate surface area is 233 Å². The van der Waals surface area contributed by atoms with Gasteiger partial charge >= 0.3 is 5.69 Å². The van der Waals surface area contributed by atoms with Gasteiger partial charge in [0.1, 0.15) is 12.3 Å². The fourth-order valence-corrected chi connectivity index (χ4v) is 5.10. The second-order valence-electron chi connectivity index (χ2n) is 10.1. The van der Waals surface area contributed by atoms with Crippen LogP contribution in [0.4, 0.5) is 0 Å². The average Bonchev–Trinajstić information content (AvgIpc) is 2.98. The number of hydrogen-bond acceptors (Lipinski definition) is 5. The number of carbonyl (C=O) groups excluding carboxylic acids is 2. The van der Waals surface area contributed by atoms with Crippen LogP contribution in [0.25, 0.3) is 10.9 Å². The lowest BCUT2D eigenvalue weighted by molar-refractivity contribution is -0.122. The number of nitrogens with zero attached hydrogens (tertiary/aromatic N) is 2. The van der Waals surface area contributed by atoms with Crippen LogP contribution in [0.3, 0.4) is 0 Å². The van der Waals surface area contributed by atoms with Gasteiger partial charge in [0, 0.05) is 31.6 Å². The summed E-state index contributed by atoms with van der Waals surface area (Å²) in [6, 6.07) is 14.3. The average molecular weight is 547 g/mol. The summed E-state index contributed by atoms with van der Waals surface area (Å²) in [6.07, 6.45) is 8.90. The first-order valence-corrected chi connectivity index (χ1v) is 14.0. The van der Waals surface area contributed by atoms with Crippen LogP contribution >= 0.6 is 0 Å². The van der Waals surface area contributed by atoms with Crippen LogP contribution in [-0.2, 0) is 29.2 Å². The summed E-state index contributed by atoms with van der Waals surface area (Å²) in [5.74, 6) is 0.334. The van der Waals surface area contributed by atoms with Crippen molar-refractivity contribution in [3.8, 4) is 5.75 Å². The van der Waals surface area contributed by atoms with Crippen molar-refractivity contribution in [2.24, 2.45) is 0 Å². The van der Waals surface area contributed by atoms with Crippen molar-refractivity contribution < 1.29 is 14.3 Å². The third-order valence-electron chi connectivity index (χ3n) is 7.29. The van der Waals surface area contributed by atoms with Crippen LogP contribution in [0.2, 0.25) is 0 Å². The number of rotatable bonds is 13. The lowest BCUT2D eigenvalue weighted by Crippen LogP contribution is -2.42. The molecule has 4 rings (SSSR count). The molecule has 1 aromatic heterocycles. The molecule has 0 bridgehead atoms. The van der Waals surface area contributed by atoms with Crippen molar-refractivity contribution in [1.82, 2.24) is 19.8 Å². The van der Waals surface area contributed by atoms with E-state index in [1.807, 2.05) is 24.3 Å². The van der Waals surface area contributed by atoms with Gasteiger partial charge in [-0.15, -0.1) is 0 Å². The third kappa shape index (κ3) is 7.49. The highest BCUT2D eigenvalue weighted by molar-refractivity contribution is 5.81. The van der Waals surface area contributed by atoms with E-state index in [1.54, 1.807) is 31.4 Å². The van der Waals surface area contributed by atoms with E-state index >= 15 is 0 Å². The van der Waals surface area contributed by atoms with Gasteiger partial charge < -0.3 is 15.4 Å². The number of para-hydroxylation sites is 2. The first-order valence-electron chi connectivity index (χ1n) is 14.0. The maximum Gasteiger partial charge on any atom is 0.331 e. The van der Waals surface area contributed by atoms with Crippen molar-refractivity contribution in [2.75, 3.05) is 13.7 Å². The van der Waals surface area contributed by atoms with Crippen LogP contribution in [0, 0.1) is 0 Å². The fraction of sp³-hybridized carbons (Fsp3) is 0.419. The maximum atomic E-state index is 13.4. The van der Waals surface area contributed by atoms with Crippen molar-refractivity contribution in [2.45, 2.75) is 71.0 Å². The maximum absolute atomic E-state index is 13.4. The molecule has 3 aromatic rings. The van der Waals surface area contributed by atoms with Crippen LogP contribution < -0.4 is 26.6 Å². The number of carbonyl (C=O) groups is 2. The number of unbranched alkanes of at least 4 members (excludes halogenated alkanes) is 1. The standard InChI is InChI=1S/C31H38N4O5/c1-40-27-16-8-5-13-24(27)21-33-28(36)17-9-10-20-34-30(38)25-14-6-7-15-26(25)35(31(34)39)22-29(37)32-19-18-23-11-3-2-4-12-23/h5-8,11,13-16H,2-4,9-10,12,17-22H2,1H3,(H,32,37)(H,33,36). The molecule has 0 spiro atoms. The van der Waals surface area contributed by atoms with Crippen molar-refractivity contribution in [1.29, 1.82) is 0 Å². The van der Waals surface area contributed by atoms with Crippen LogP contribution in [-0.4, -0.2) is 34.6 Å². The largest absolute Gasteiger partial charge is 0.496 e. The molecule has 0 atom stereocenters. The Kier molecular flexibility index (Phi) is 10.3. The van der Waals surface area contributed by atoms with Gasteiger partial charge in [-0.25, -0.2) is 4.79 Å². The molecule has 1 heterocycles. The predicted molar refractivity (Wildman–Crippen MR) is 155 cm³/mol. The van der Waals surface area contributed by atoms with E-state index in [1.165, 1.54) is 27.5 Å². The molecule has 0 unspecified atom stereocenters. The fourth-order valence-electron chi connectivity index (χ4n) is 5.10. The Morgan fingerprint density at radius 1 is 0.925 bits per heavy atom. The monoisotopic (exact) mass is 546 g/mol. The number of methoxy groups -OCH3 is 1. The number of ether oxygens (including phenoxy) is 1. The van der Waals surface area contributed by atoms with E-state index < -0.39 is 5.69 Å². The topological polar surface area (TPSA) is 111 Å². The lowest BCUT2D eigenvalue weighted by atomic mass is 9.97. The minimum Gasteiger partial charge on any atom is -0.496 e. The Balaban J connectivity index is 1.35. The number of aromatic nitrogens is 2. The molecule has 0 saturated carbocycles. The van der Waals surface area contributed by atoms with E-state index in [4.69, 9.17) is 4.74 Å². The van der Waals surface area contributed by atoms with E-state index in [9.17, 15) is 19.2 Å². The highest BCUT2D eigenvalue weighted by atomic mass is 16.5. The number of allylic oxidation sites excluding steroid dienone is 1. The molecule has 1 aliphatic rings. The lowest BCUT2D eigenvalue weighted by Gasteiger charge is -2.15. The molecular formula is C31H38N4O5. The Hall–Kier alpha value is -4.14. The zero-order valence-corrected chi connectivity index (χ0v) is 23.1. The van der Waals surface area contributed by atoms with Crippen LogP contribution in [0.1, 0.15) is 56.9 Å². The first kappa shape index (κ1) is 28.9. The van der Waals surface area contributed by atoms with Crippen LogP contribution in [0.15, 0.2) is 69.8 Å². The number of benzene rings is 2. The second kappa shape index (κ2) is 14.3. The number of hydrogen-bond donors (Lipinski definition) is 2. The van der Waals surface area contributed by atoms with E-state index in [0.717, 1.165) is 24.8 Å². The first-order chi connectivity index (χ1) is 19.5. The van der Waals surface area contributed by atoms with Crippen molar-refractivity contribution in [3.63, 3.8) is 0 Å². The Bertz CT molecular complexity index is 1490. The Morgan fingerprint density at radius 2 is 1.73 bits per heavy atom. The molecule has 40 heavy (non-hydrogen) atoms. The van der Waals surface area contributed by atoms with Gasteiger partial charge in [-0.3, -0.25) is 23.5 Å². The molecule has 0 aliphatic heterocycles. The molecule has 9 nitrogen and oxygen atoms in total. The number of amides is 2. The second-order valence-corrected chi connectivity index (χ2v) is 10.1. The summed E-state index contributed by atoms with van der Waals surface area (Å²) in [7, 11) is 1.59. The highest BCUT2D eigenvalue weighted by Gasteiger charge is 2.15. The molecule has 9 heteroatoms. The highest BCUT2D eigenvalue weighted by Crippen LogP contribution is 2.19.